The van der Waals surface area contributed by atoms with Crippen LogP contribution in [0.25, 0.3) is 0 Å². The fourth-order valence-electron chi connectivity index (χ4n) is 2.32. The molecule has 1 heterocycles. The number of nitrogens with two attached hydrogens (primary N) is 1. The van der Waals surface area contributed by atoms with Gasteiger partial charge in [-0.15, -0.1) is 12.4 Å². The second-order valence-electron chi connectivity index (χ2n) is 4.84. The van der Waals surface area contributed by atoms with E-state index in [1.54, 1.807) is 18.3 Å². The zero-order valence-electron chi connectivity index (χ0n) is 10.6. The maximum atomic E-state index is 11.8. The molecule has 0 saturated heterocycles. The fraction of sp³-hybridized carbons (Fsp3) is 0.538. The van der Waals surface area contributed by atoms with Gasteiger partial charge in [0.05, 0.1) is 18.3 Å². The number of rotatable bonds is 3. The van der Waals surface area contributed by atoms with Gasteiger partial charge < -0.3 is 11.1 Å². The molecular weight excluding hydrogens is 250 g/mol. The van der Waals surface area contributed by atoms with Crippen LogP contribution < -0.4 is 11.1 Å². The van der Waals surface area contributed by atoms with Crippen LogP contribution in [0.4, 0.5) is 5.69 Å². The molecule has 18 heavy (non-hydrogen) atoms. The lowest BCUT2D eigenvalue weighted by molar-refractivity contribution is -0.121. The van der Waals surface area contributed by atoms with Crippen LogP contribution in [0.2, 0.25) is 0 Å². The van der Waals surface area contributed by atoms with E-state index in [0.29, 0.717) is 24.1 Å². The molecule has 100 valence electrons. The zero-order chi connectivity index (χ0) is 12.3. The highest BCUT2D eigenvalue weighted by molar-refractivity contribution is 5.85. The molecule has 0 aliphatic heterocycles. The molecule has 1 aromatic heterocycles. The molecular formula is C13H20ClN3O. The van der Waals surface area contributed by atoms with Crippen molar-refractivity contribution in [1.29, 1.82) is 0 Å². The van der Waals surface area contributed by atoms with Gasteiger partial charge in [-0.25, -0.2) is 0 Å². The Morgan fingerprint density at radius 1 is 1.50 bits per heavy atom. The van der Waals surface area contributed by atoms with E-state index in [2.05, 4.69) is 17.2 Å². The summed E-state index contributed by atoms with van der Waals surface area (Å²) in [4.78, 5) is 15.9. The van der Waals surface area contributed by atoms with Crippen LogP contribution >= 0.6 is 12.4 Å². The second kappa shape index (κ2) is 6.59. The number of nitrogens with zero attached hydrogens (tertiary/aromatic N) is 1. The number of nitrogens with one attached hydrogen (secondary N) is 1. The topological polar surface area (TPSA) is 68.0 Å². The Labute approximate surface area is 114 Å². The average Bonchev–Trinajstić information content (AvgIpc) is 2.68. The summed E-state index contributed by atoms with van der Waals surface area (Å²) in [6.45, 7) is 2.19. The van der Waals surface area contributed by atoms with Gasteiger partial charge in [-0.2, -0.15) is 0 Å². The van der Waals surface area contributed by atoms with Gasteiger partial charge in [-0.3, -0.25) is 9.78 Å². The summed E-state index contributed by atoms with van der Waals surface area (Å²) in [5.41, 5.74) is 6.93. The first-order valence-electron chi connectivity index (χ1n) is 6.15. The summed E-state index contributed by atoms with van der Waals surface area (Å²) in [5, 5.41) is 3.08. The van der Waals surface area contributed by atoms with Gasteiger partial charge in [-0.05, 0) is 30.9 Å². The van der Waals surface area contributed by atoms with E-state index in [0.717, 1.165) is 12.1 Å². The molecule has 4 nitrogen and oxygen atoms in total. The van der Waals surface area contributed by atoms with E-state index >= 15 is 0 Å². The number of halogens is 1. The molecule has 2 atom stereocenters. The van der Waals surface area contributed by atoms with Crippen LogP contribution in [0.1, 0.15) is 31.9 Å². The summed E-state index contributed by atoms with van der Waals surface area (Å²) in [7, 11) is 0. The third-order valence-corrected chi connectivity index (χ3v) is 3.40. The van der Waals surface area contributed by atoms with E-state index in [1.165, 1.54) is 12.8 Å². The third-order valence-electron chi connectivity index (χ3n) is 3.40. The van der Waals surface area contributed by atoms with Crippen molar-refractivity contribution in [2.45, 2.75) is 38.6 Å². The van der Waals surface area contributed by atoms with Crippen LogP contribution in [0, 0.1) is 5.92 Å². The number of hydrogen-bond donors (Lipinski definition) is 2. The smallest absolute Gasteiger partial charge is 0.226 e. The molecule has 0 bridgehead atoms. The van der Waals surface area contributed by atoms with E-state index in [1.807, 2.05) is 0 Å². The number of nitrogen functional groups attached to an aromatic ring is 1. The molecule has 1 fully saturated rings. The molecule has 0 aromatic carbocycles. The molecule has 2 rings (SSSR count). The van der Waals surface area contributed by atoms with Crippen LogP contribution in [0.5, 0.6) is 0 Å². The Kier molecular flexibility index (Phi) is 5.41. The second-order valence-corrected chi connectivity index (χ2v) is 4.84. The molecule has 1 amide bonds. The van der Waals surface area contributed by atoms with Gasteiger partial charge in [0, 0.05) is 11.7 Å². The van der Waals surface area contributed by atoms with E-state index in [4.69, 9.17) is 5.73 Å². The van der Waals surface area contributed by atoms with Crippen LogP contribution in [0.15, 0.2) is 18.3 Å². The van der Waals surface area contributed by atoms with Crippen molar-refractivity contribution in [2.24, 2.45) is 5.92 Å². The molecule has 1 aliphatic carbocycles. The molecule has 1 aliphatic rings. The summed E-state index contributed by atoms with van der Waals surface area (Å²) in [6.07, 6.45) is 5.45. The molecule has 3 N–H and O–H groups in total. The quantitative estimate of drug-likeness (QED) is 0.881. The number of aromatic nitrogens is 1. The number of pyridine rings is 1. The van der Waals surface area contributed by atoms with E-state index in [-0.39, 0.29) is 18.3 Å². The van der Waals surface area contributed by atoms with Gasteiger partial charge in [0.1, 0.15) is 0 Å². The molecule has 2 unspecified atom stereocenters. The maximum absolute atomic E-state index is 11.8. The van der Waals surface area contributed by atoms with Crippen molar-refractivity contribution in [3.63, 3.8) is 0 Å². The standard InChI is InChI=1S/C13H19N3O.ClH/c1-9-3-2-4-12(9)16-13(17)7-11-6-5-10(14)8-15-11;/h5-6,8-9,12H,2-4,7,14H2,1H3,(H,16,17);1H. The summed E-state index contributed by atoms with van der Waals surface area (Å²) in [5.74, 6) is 0.652. The molecule has 0 spiro atoms. The highest BCUT2D eigenvalue weighted by atomic mass is 35.5. The predicted octanol–water partition coefficient (Wildman–Crippen LogP) is 1.93. The minimum absolute atomic E-state index is 0. The Hall–Kier alpha value is -1.29. The lowest BCUT2D eigenvalue weighted by Crippen LogP contribution is -2.37. The average molecular weight is 270 g/mol. The zero-order valence-corrected chi connectivity index (χ0v) is 11.4. The van der Waals surface area contributed by atoms with Crippen molar-refractivity contribution in [1.82, 2.24) is 10.3 Å². The first kappa shape index (κ1) is 14.8. The van der Waals surface area contributed by atoms with E-state index < -0.39 is 0 Å². The van der Waals surface area contributed by atoms with Crippen molar-refractivity contribution in [3.05, 3.63) is 24.0 Å². The van der Waals surface area contributed by atoms with Crippen LogP contribution in [-0.2, 0) is 11.2 Å². The van der Waals surface area contributed by atoms with Crippen LogP contribution in [0.3, 0.4) is 0 Å². The maximum Gasteiger partial charge on any atom is 0.226 e. The Morgan fingerprint density at radius 3 is 2.83 bits per heavy atom. The first-order valence-corrected chi connectivity index (χ1v) is 6.15. The SMILES string of the molecule is CC1CCCC1NC(=O)Cc1ccc(N)cn1.Cl. The Balaban J connectivity index is 0.00000162. The molecule has 1 saturated carbocycles. The predicted molar refractivity (Wildman–Crippen MR) is 74.5 cm³/mol. The van der Waals surface area contributed by atoms with Crippen molar-refractivity contribution >= 4 is 24.0 Å². The number of hydrogen-bond acceptors (Lipinski definition) is 3. The minimum Gasteiger partial charge on any atom is -0.397 e. The Bertz CT molecular complexity index is 394. The van der Waals surface area contributed by atoms with Gasteiger partial charge in [-0.1, -0.05) is 13.3 Å². The normalized spacial score (nSPS) is 22.3. The first-order chi connectivity index (χ1) is 8.15. The van der Waals surface area contributed by atoms with Crippen LogP contribution in [-0.4, -0.2) is 16.9 Å². The largest absolute Gasteiger partial charge is 0.397 e. The minimum atomic E-state index is 0. The van der Waals surface area contributed by atoms with Crippen molar-refractivity contribution in [3.8, 4) is 0 Å². The summed E-state index contributed by atoms with van der Waals surface area (Å²) >= 11 is 0. The number of anilines is 1. The monoisotopic (exact) mass is 269 g/mol. The van der Waals surface area contributed by atoms with Gasteiger partial charge in [0.2, 0.25) is 5.91 Å². The third kappa shape index (κ3) is 3.88. The highest BCUT2D eigenvalue weighted by Crippen LogP contribution is 2.24. The molecule has 5 heteroatoms. The summed E-state index contributed by atoms with van der Waals surface area (Å²) < 4.78 is 0. The van der Waals surface area contributed by atoms with Gasteiger partial charge in [0.25, 0.3) is 0 Å². The van der Waals surface area contributed by atoms with Crippen molar-refractivity contribution < 1.29 is 4.79 Å². The van der Waals surface area contributed by atoms with Gasteiger partial charge in [0.15, 0.2) is 0 Å². The Morgan fingerprint density at radius 2 is 2.28 bits per heavy atom. The fourth-order valence-corrected chi connectivity index (χ4v) is 2.32. The highest BCUT2D eigenvalue weighted by Gasteiger charge is 2.24. The summed E-state index contributed by atoms with van der Waals surface area (Å²) in [6, 6.07) is 3.91. The molecule has 0 radical (unpaired) electrons. The van der Waals surface area contributed by atoms with Gasteiger partial charge >= 0.3 is 0 Å². The number of carbonyl (C=O) groups is 1. The van der Waals surface area contributed by atoms with Crippen molar-refractivity contribution in [2.75, 3.05) is 5.73 Å². The number of carbonyl (C=O) groups excluding carboxylic acids is 1. The lowest BCUT2D eigenvalue weighted by Gasteiger charge is -2.17. The van der Waals surface area contributed by atoms with E-state index in [9.17, 15) is 4.79 Å². The number of amides is 1. The lowest BCUT2D eigenvalue weighted by atomic mass is 10.1. The molecule has 1 aromatic rings.